The van der Waals surface area contributed by atoms with E-state index >= 15 is 0 Å². The summed E-state index contributed by atoms with van der Waals surface area (Å²) in [7, 11) is -0.469. The Kier molecular flexibility index (Phi) is 43.5. The maximum atomic E-state index is 13.6. The molecule has 1 amide bonds. The fourth-order valence-corrected chi connectivity index (χ4v) is 36.1. The molecule has 2 saturated carbocycles. The van der Waals surface area contributed by atoms with Crippen LogP contribution in [0.15, 0.2) is 128 Å². The van der Waals surface area contributed by atoms with Crippen LogP contribution in [0.4, 0.5) is 11.6 Å². The van der Waals surface area contributed by atoms with Gasteiger partial charge >= 0.3 is 143 Å². The van der Waals surface area contributed by atoms with Crippen molar-refractivity contribution in [3.8, 4) is 33.6 Å². The fourth-order valence-electron chi connectivity index (χ4n) is 16.4. The summed E-state index contributed by atoms with van der Waals surface area (Å²) >= 11 is 2.79. The number of carbonyl (C=O) groups is 2. The number of para-hydroxylation sites is 2. The fraction of sp³-hybridized carbons (Fsp3) is 0.608. The first kappa shape index (κ1) is 107. The van der Waals surface area contributed by atoms with Crippen molar-refractivity contribution in [2.75, 3.05) is 115 Å². The van der Waals surface area contributed by atoms with Crippen molar-refractivity contribution in [3.05, 3.63) is 152 Å². The Morgan fingerprint density at radius 1 is 0.496 bits per heavy atom. The maximum absolute atomic E-state index is 13.6. The van der Waals surface area contributed by atoms with E-state index < -0.39 is 61.9 Å². The molecular formula is C97H153I2N13O12Si4Sn. The summed E-state index contributed by atoms with van der Waals surface area (Å²) < 4.78 is 65.0. The molecule has 0 spiro atoms. The second-order valence-electron chi connectivity index (χ2n) is 39.8. The molecule has 0 unspecified atom stereocenters. The SMILES string of the molecule is CCC(=O)C1(OCCOC)CCC(c2nc3c(-c4cnn(-c5ccccc5)c4)cnn3c(N(COCC[Si](C)(C)C)COCC[Si](C)(C)C)c2I)CC1.CCC[CH2][Sn]([CH2]CCC)([CH2]CCC)[CH2]OCc1ccccc1.CON(C)C(=O)C1(OCCO)CCC(c2nc3c(-c4cnn(-c5ccccc5)c4)cnn3c(N(COCC[Si](C)(C)C)COCC[Si](C)(C)C)c2I)CC1. The van der Waals surface area contributed by atoms with Crippen molar-refractivity contribution in [2.24, 2.45) is 0 Å². The summed E-state index contributed by atoms with van der Waals surface area (Å²) in [5.74, 6) is 1.85. The van der Waals surface area contributed by atoms with Gasteiger partial charge in [-0.2, -0.15) is 29.4 Å². The normalized spacial score (nSPS) is 17.0. The number of nitrogens with zero attached hydrogens (tertiary/aromatic N) is 13. The number of amides is 1. The zero-order valence-electron chi connectivity index (χ0n) is 81.2. The number of hydroxylamine groups is 2. The predicted molar refractivity (Wildman–Crippen MR) is 552 cm³/mol. The largest absolute Gasteiger partial charge is 0.394 e. The van der Waals surface area contributed by atoms with Crippen LogP contribution in [-0.4, -0.2) is 238 Å². The number of aromatic nitrogens is 10. The summed E-state index contributed by atoms with van der Waals surface area (Å²) in [5.41, 5.74) is 8.42. The molecule has 0 radical (unpaired) electrons. The molecule has 0 aliphatic heterocycles. The van der Waals surface area contributed by atoms with Crippen LogP contribution in [0.25, 0.3) is 44.9 Å². The minimum atomic E-state index is -2.08. The molecule has 9 aromatic rings. The van der Waals surface area contributed by atoms with Gasteiger partial charge in [0.25, 0.3) is 5.91 Å². The van der Waals surface area contributed by atoms with E-state index in [1.165, 1.54) is 56.3 Å². The molecule has 32 heteroatoms. The molecule has 6 heterocycles. The molecule has 2 fully saturated rings. The van der Waals surface area contributed by atoms with Gasteiger partial charge in [-0.25, -0.2) is 24.4 Å². The predicted octanol–water partition coefficient (Wildman–Crippen LogP) is 22.3. The number of carbonyl (C=O) groups excluding carboxylic acids is 2. The van der Waals surface area contributed by atoms with Crippen LogP contribution in [0.2, 0.25) is 116 Å². The molecule has 2 aliphatic carbocycles. The van der Waals surface area contributed by atoms with Crippen LogP contribution in [0, 0.1) is 7.14 Å². The number of ether oxygens (including phenoxy) is 8. The third kappa shape index (κ3) is 32.2. The number of anilines is 2. The van der Waals surface area contributed by atoms with E-state index in [-0.39, 0.29) is 36.7 Å². The zero-order valence-corrected chi connectivity index (χ0v) is 92.4. The first-order valence-electron chi connectivity index (χ1n) is 47.2. The third-order valence-electron chi connectivity index (χ3n) is 24.6. The summed E-state index contributed by atoms with van der Waals surface area (Å²) in [6.45, 7) is 43.0. The monoisotopic (exact) mass is 2180 g/mol. The van der Waals surface area contributed by atoms with Crippen LogP contribution in [0.3, 0.4) is 0 Å². The maximum Gasteiger partial charge on any atom is 0.278 e. The van der Waals surface area contributed by atoms with Crippen LogP contribution >= 0.6 is 45.2 Å². The Balaban J connectivity index is 0.000000237. The van der Waals surface area contributed by atoms with Gasteiger partial charge in [0.15, 0.2) is 28.7 Å². The Morgan fingerprint density at radius 3 is 1.23 bits per heavy atom. The van der Waals surface area contributed by atoms with Crippen molar-refractivity contribution >= 4 is 130 Å². The number of Topliss-reactive ketones (excluding diaryl/α,β-unsaturated/α-hetero) is 1. The number of aliphatic hydroxyl groups is 1. The third-order valence-corrected chi connectivity index (χ3v) is 47.9. The Hall–Kier alpha value is -5.21. The molecule has 129 heavy (non-hydrogen) atoms. The number of ketones is 1. The van der Waals surface area contributed by atoms with Gasteiger partial charge in [-0.1, -0.05) is 122 Å². The van der Waals surface area contributed by atoms with Crippen molar-refractivity contribution in [1.29, 1.82) is 0 Å². The molecule has 1 N–H and O–H groups in total. The van der Waals surface area contributed by atoms with Crippen molar-refractivity contribution in [3.63, 3.8) is 0 Å². The van der Waals surface area contributed by atoms with E-state index in [0.717, 1.165) is 118 Å². The summed E-state index contributed by atoms with van der Waals surface area (Å²) in [5, 5.41) is 30.1. The average molecular weight is 2180 g/mol. The average Bonchev–Trinajstić information content (AvgIpc) is 1.56. The number of hydrogen-bond acceptors (Lipinski definition) is 20. The number of benzene rings is 3. The van der Waals surface area contributed by atoms with Gasteiger partial charge in [-0.15, -0.1) is 0 Å². The first-order valence-corrected chi connectivity index (χ1v) is 72.2. The summed E-state index contributed by atoms with van der Waals surface area (Å²) in [4.78, 5) is 47.3. The van der Waals surface area contributed by atoms with E-state index in [4.69, 9.17) is 68.0 Å². The van der Waals surface area contributed by atoms with Crippen LogP contribution in [0.5, 0.6) is 0 Å². The number of aliphatic hydroxyl groups excluding tert-OH is 1. The van der Waals surface area contributed by atoms with Crippen LogP contribution in [0.1, 0.15) is 153 Å². The zero-order chi connectivity index (χ0) is 93.4. The van der Waals surface area contributed by atoms with Crippen LogP contribution in [-0.2, 0) is 58.9 Å². The Labute approximate surface area is 805 Å². The van der Waals surface area contributed by atoms with Gasteiger partial charge in [-0.05, 0) is 145 Å². The first-order chi connectivity index (χ1) is 61.7. The summed E-state index contributed by atoms with van der Waals surface area (Å²) in [6, 6.07) is 35.1. The van der Waals surface area contributed by atoms with Gasteiger partial charge in [0.2, 0.25) is 0 Å². The molecular weight excluding hydrogens is 2020 g/mol. The van der Waals surface area contributed by atoms with E-state index in [2.05, 4.69) is 190 Å². The van der Waals surface area contributed by atoms with E-state index in [1.807, 2.05) is 123 Å². The van der Waals surface area contributed by atoms with Gasteiger partial charge in [-0.3, -0.25) is 14.4 Å². The van der Waals surface area contributed by atoms with Crippen molar-refractivity contribution < 1.29 is 57.4 Å². The smallest absolute Gasteiger partial charge is 0.278 e. The van der Waals surface area contributed by atoms with Gasteiger partial charge in [0.05, 0.1) is 88.2 Å². The Morgan fingerprint density at radius 2 is 0.876 bits per heavy atom. The number of unbranched alkanes of at least 4 members (excludes halogenated alkanes) is 3. The minimum Gasteiger partial charge on any atom is -0.394 e. The molecule has 25 nitrogen and oxygen atoms in total. The second-order valence-corrected chi connectivity index (χ2v) is 78.2. The molecule has 11 rings (SSSR count). The topological polar surface area (TPSA) is 243 Å². The van der Waals surface area contributed by atoms with Crippen molar-refractivity contribution in [2.45, 2.75) is 270 Å². The molecule has 6 aromatic heterocycles. The van der Waals surface area contributed by atoms with Crippen molar-refractivity contribution in [1.82, 2.24) is 53.8 Å². The quantitative estimate of drug-likeness (QED) is 0.0122. The summed E-state index contributed by atoms with van der Waals surface area (Å²) in [6.07, 6.45) is 25.4. The standard InChI is InChI=1S/C39H59IN6O5Si2.C38H58IN7O6Si2.C8H9O.3C4H9.Sn/c1-9-34(47)39(51-20-19-48-2)17-15-30(16-18-39)36-35(40)38(44(28-49-21-23-52(3,4)5)29-50-22-24-53(6,7)8)46-37(43-36)33(26-42-46)31-25-41-45(27-31)32-13-11-10-12-14-32;1-43(49-2)37(48)38(52-19-18-47)16-14-29(15-17-38)34-33(39)36(44(27-50-20-22-53(3,4)5)28-51-21-23-54(6,7)8)46-35(42-34)32(25-41-46)30-24-40-45(26-30)31-12-10-9-11-13-31;1-9-7-8-5-3-2-4-6-8;3*1-3-4-2;/h10-14,25-27,30H,9,15-24,28-29H2,1-8H3;9-13,24-26,29,47H,14-23,27-28H2,1-8H3;2-6H,1,7H2;3*1,3-4H2,2H3;. The van der Waals surface area contributed by atoms with E-state index in [0.29, 0.717) is 117 Å². The minimum absolute atomic E-state index is 0.0319. The molecule has 0 atom stereocenters. The molecule has 0 saturated heterocycles. The molecule has 0 bridgehead atoms. The second kappa shape index (κ2) is 52.2. The Bertz CT molecular complexity index is 4750. The molecule has 2 aliphatic rings. The number of likely N-dealkylation sites (N-methyl/N-ethyl adjacent to an activating group) is 1. The molecule has 712 valence electrons. The van der Waals surface area contributed by atoms with Gasteiger partial charge in [0, 0.05) is 126 Å². The van der Waals surface area contributed by atoms with Gasteiger partial charge < -0.3 is 48.1 Å². The number of methoxy groups -OCH3 is 1. The number of hydrogen-bond donors (Lipinski definition) is 1. The van der Waals surface area contributed by atoms with Crippen LogP contribution < -0.4 is 9.80 Å². The number of rotatable bonds is 52. The van der Waals surface area contributed by atoms with Gasteiger partial charge in [0.1, 0.15) is 38.1 Å². The molecule has 3 aromatic carbocycles. The van der Waals surface area contributed by atoms with E-state index in [9.17, 15) is 14.7 Å². The van der Waals surface area contributed by atoms with E-state index in [1.54, 1.807) is 27.5 Å². The number of fused-ring (bicyclic) bond motifs is 2. The number of halogens is 2.